The van der Waals surface area contributed by atoms with E-state index in [0.29, 0.717) is 19.4 Å². The lowest BCUT2D eigenvalue weighted by Crippen LogP contribution is -2.41. The Hall–Kier alpha value is -2.87. The zero-order valence-electron chi connectivity index (χ0n) is 22.9. The predicted molar refractivity (Wildman–Crippen MR) is 147 cm³/mol. The van der Waals surface area contributed by atoms with E-state index in [4.69, 9.17) is 19.9 Å². The van der Waals surface area contributed by atoms with Gasteiger partial charge in [-0.3, -0.25) is 14.5 Å². The second kappa shape index (κ2) is 17.3. The molecular weight excluding hydrogens is 601 g/mol. The van der Waals surface area contributed by atoms with Crippen molar-refractivity contribution in [3.63, 3.8) is 0 Å². The summed E-state index contributed by atoms with van der Waals surface area (Å²) < 4.78 is 63.1. The maximum atomic E-state index is 13.0. The lowest BCUT2D eigenvalue weighted by Gasteiger charge is -2.30. The largest absolute Gasteiger partial charge is 0.490 e. The van der Waals surface area contributed by atoms with Crippen molar-refractivity contribution in [3.05, 3.63) is 24.3 Å². The number of nitrogens with one attached hydrogen (secondary N) is 2. The van der Waals surface area contributed by atoms with Crippen LogP contribution in [0.15, 0.2) is 34.1 Å². The number of sulfone groups is 1. The lowest BCUT2D eigenvalue weighted by molar-refractivity contribution is -0.192. The maximum Gasteiger partial charge on any atom is 0.490 e. The Labute approximate surface area is 247 Å². The van der Waals surface area contributed by atoms with E-state index in [2.05, 4.69) is 15.5 Å². The molecule has 3 rings (SSSR count). The van der Waals surface area contributed by atoms with Crippen molar-refractivity contribution in [1.29, 1.82) is 5.26 Å². The molecule has 1 heterocycles. The molecule has 1 aliphatic heterocycles. The van der Waals surface area contributed by atoms with Gasteiger partial charge in [0.2, 0.25) is 11.8 Å². The fourth-order valence-electron chi connectivity index (χ4n) is 4.51. The Morgan fingerprint density at radius 2 is 1.71 bits per heavy atom. The molecule has 0 aromatic heterocycles. The van der Waals surface area contributed by atoms with Crippen molar-refractivity contribution in [2.24, 2.45) is 11.8 Å². The van der Waals surface area contributed by atoms with Gasteiger partial charge < -0.3 is 20.5 Å². The smallest absolute Gasteiger partial charge is 0.475 e. The molecule has 1 saturated carbocycles. The number of benzene rings is 1. The molecule has 1 aromatic rings. The first kappa shape index (κ1) is 35.3. The summed E-state index contributed by atoms with van der Waals surface area (Å²) in [6.45, 7) is 4.55. The molecule has 0 unspecified atom stereocenters. The van der Waals surface area contributed by atoms with Gasteiger partial charge in [0.25, 0.3) is 0 Å². The number of aliphatic carboxylic acids is 1. The van der Waals surface area contributed by atoms with Gasteiger partial charge in [-0.05, 0) is 43.0 Å². The number of halogens is 3. The molecule has 1 aromatic carbocycles. The Kier molecular flexibility index (Phi) is 14.5. The van der Waals surface area contributed by atoms with E-state index in [9.17, 15) is 31.2 Å². The van der Waals surface area contributed by atoms with Crippen molar-refractivity contribution in [2.75, 3.05) is 57.4 Å². The fraction of sp³-hybridized carbons (Fsp3) is 0.615. The summed E-state index contributed by atoms with van der Waals surface area (Å²) in [6, 6.07) is 8.47. The fourth-order valence-corrected chi connectivity index (χ4v) is 6.94. The molecule has 234 valence electrons. The van der Waals surface area contributed by atoms with Gasteiger partial charge in [0.1, 0.15) is 6.54 Å². The highest BCUT2D eigenvalue weighted by Gasteiger charge is 2.38. The van der Waals surface area contributed by atoms with Crippen LogP contribution in [0.1, 0.15) is 25.7 Å². The second-order valence-electron chi connectivity index (χ2n) is 9.68. The molecule has 0 spiro atoms. The molecule has 11 nitrogen and oxygen atoms in total. The first-order valence-corrected chi connectivity index (χ1v) is 15.9. The van der Waals surface area contributed by atoms with Crippen LogP contribution < -0.4 is 10.6 Å². The number of carbonyl (C=O) groups is 3. The highest BCUT2D eigenvalue weighted by atomic mass is 32.2. The lowest BCUT2D eigenvalue weighted by atomic mass is 9.80. The molecule has 3 N–H and O–H groups in total. The van der Waals surface area contributed by atoms with Gasteiger partial charge in [0.05, 0.1) is 35.7 Å². The molecule has 2 atom stereocenters. The molecule has 1 saturated heterocycles. The number of hydrogen-bond acceptors (Lipinski definition) is 9. The summed E-state index contributed by atoms with van der Waals surface area (Å²) in [4.78, 5) is 36.7. The minimum atomic E-state index is -5.08. The van der Waals surface area contributed by atoms with Crippen LogP contribution in [0.3, 0.4) is 0 Å². The number of rotatable bonds is 11. The zero-order chi connectivity index (χ0) is 31.2. The van der Waals surface area contributed by atoms with Gasteiger partial charge in [-0.25, -0.2) is 13.2 Å². The molecular formula is C26H35F3N4O7S2. The van der Waals surface area contributed by atoms with E-state index in [1.807, 2.05) is 6.07 Å². The van der Waals surface area contributed by atoms with Crippen LogP contribution in [0.4, 0.5) is 13.2 Å². The van der Waals surface area contributed by atoms with Gasteiger partial charge >= 0.3 is 12.1 Å². The highest BCUT2D eigenvalue weighted by Crippen LogP contribution is 2.33. The SMILES string of the molecule is N#CCNC(=O)[C@@H]1CCCC[C@H]1CS(=O)(=O)c1ccc(SCC(=O)NCCN2CCOCC2)cc1.O=C(O)C(F)(F)F. The van der Waals surface area contributed by atoms with Crippen LogP contribution in [0, 0.1) is 23.2 Å². The number of carboxylic acids is 1. The molecule has 2 fully saturated rings. The van der Waals surface area contributed by atoms with Crippen molar-refractivity contribution < 1.29 is 45.8 Å². The Morgan fingerprint density at radius 3 is 2.31 bits per heavy atom. The number of thioether (sulfide) groups is 1. The number of nitrogens with zero attached hydrogens (tertiary/aromatic N) is 2. The summed E-state index contributed by atoms with van der Waals surface area (Å²) in [5.74, 6) is -3.52. The number of amides is 2. The third-order valence-corrected chi connectivity index (χ3v) is 9.54. The number of nitriles is 1. The van der Waals surface area contributed by atoms with Crippen LogP contribution in [0.25, 0.3) is 0 Å². The van der Waals surface area contributed by atoms with Crippen LogP contribution in [-0.4, -0.2) is 99.8 Å². The minimum absolute atomic E-state index is 0.0574. The Bertz CT molecular complexity index is 1190. The molecule has 1 aliphatic carbocycles. The minimum Gasteiger partial charge on any atom is -0.475 e. The van der Waals surface area contributed by atoms with Crippen LogP contribution in [0.2, 0.25) is 0 Å². The maximum absolute atomic E-state index is 13.0. The second-order valence-corrected chi connectivity index (χ2v) is 12.8. The van der Waals surface area contributed by atoms with Crippen molar-refractivity contribution >= 4 is 39.4 Å². The van der Waals surface area contributed by atoms with Crippen LogP contribution >= 0.6 is 11.8 Å². The molecule has 2 amide bonds. The highest BCUT2D eigenvalue weighted by molar-refractivity contribution is 8.00. The molecule has 0 radical (unpaired) electrons. The average molecular weight is 637 g/mol. The van der Waals surface area contributed by atoms with Gasteiger partial charge in [-0.15, -0.1) is 11.8 Å². The van der Waals surface area contributed by atoms with Gasteiger partial charge in [0.15, 0.2) is 9.84 Å². The summed E-state index contributed by atoms with van der Waals surface area (Å²) in [5.41, 5.74) is 0. The number of alkyl halides is 3. The molecule has 0 bridgehead atoms. The molecule has 16 heteroatoms. The van der Waals surface area contributed by atoms with Crippen LogP contribution in [-0.2, 0) is 29.0 Å². The zero-order valence-corrected chi connectivity index (χ0v) is 24.5. The van der Waals surface area contributed by atoms with Gasteiger partial charge in [-0.2, -0.15) is 18.4 Å². The van der Waals surface area contributed by atoms with E-state index in [-0.39, 0.29) is 46.6 Å². The quantitative estimate of drug-likeness (QED) is 0.242. The normalized spacial score (nSPS) is 19.5. The Morgan fingerprint density at radius 1 is 1.10 bits per heavy atom. The van der Waals surface area contributed by atoms with E-state index in [1.54, 1.807) is 24.3 Å². The van der Waals surface area contributed by atoms with Crippen molar-refractivity contribution in [3.8, 4) is 6.07 Å². The summed E-state index contributed by atoms with van der Waals surface area (Å²) in [6.07, 6.45) is -1.99. The van der Waals surface area contributed by atoms with Gasteiger partial charge in [-0.1, -0.05) is 12.8 Å². The summed E-state index contributed by atoms with van der Waals surface area (Å²) >= 11 is 1.36. The topological polar surface area (TPSA) is 166 Å². The number of carbonyl (C=O) groups excluding carboxylic acids is 2. The van der Waals surface area contributed by atoms with Crippen LogP contribution in [0.5, 0.6) is 0 Å². The van der Waals surface area contributed by atoms with Gasteiger partial charge in [0, 0.05) is 37.0 Å². The van der Waals surface area contributed by atoms with E-state index in [1.165, 1.54) is 11.8 Å². The number of morpholine rings is 1. The first-order chi connectivity index (χ1) is 19.8. The van der Waals surface area contributed by atoms with Crippen molar-refractivity contribution in [2.45, 2.75) is 41.7 Å². The van der Waals surface area contributed by atoms with Crippen molar-refractivity contribution in [1.82, 2.24) is 15.5 Å². The van der Waals surface area contributed by atoms with E-state index < -0.39 is 22.0 Å². The number of hydrogen-bond donors (Lipinski definition) is 3. The summed E-state index contributed by atoms with van der Waals surface area (Å²) in [7, 11) is -3.56. The Balaban J connectivity index is 0.000000782. The van der Waals surface area contributed by atoms with E-state index in [0.717, 1.165) is 50.6 Å². The molecule has 2 aliphatic rings. The standard InChI is InChI=1S/C24H34N4O5S2.C2HF3O2/c25-9-10-27-24(30)22-4-2-1-3-19(22)18-35(31,32)21-7-5-20(6-8-21)34-17-23(29)26-11-12-28-13-15-33-16-14-28;3-2(4,5)1(6)7/h5-8,19,22H,1-4,10-18H2,(H,26,29)(H,27,30);(H,6,7)/t19-,22+;/m0./s1. The number of ether oxygens (including phenoxy) is 1. The third kappa shape index (κ3) is 12.6. The summed E-state index contributed by atoms with van der Waals surface area (Å²) in [5, 5.41) is 21.3. The van der Waals surface area contributed by atoms with E-state index >= 15 is 0 Å². The average Bonchev–Trinajstić information content (AvgIpc) is 2.95. The third-order valence-electron chi connectivity index (χ3n) is 6.67. The monoisotopic (exact) mass is 636 g/mol. The first-order valence-electron chi connectivity index (χ1n) is 13.3. The predicted octanol–water partition coefficient (Wildman–Crippen LogP) is 2.08. The molecule has 42 heavy (non-hydrogen) atoms. The number of carboxylic acid groups (broad SMARTS) is 1.